The summed E-state index contributed by atoms with van der Waals surface area (Å²) in [6, 6.07) is 0. The molecule has 218 valence electrons. The van der Waals surface area contributed by atoms with Gasteiger partial charge < -0.3 is 4.74 Å². The molecule has 3 heteroatoms. The molecular formula is C34H64O3. The van der Waals surface area contributed by atoms with E-state index in [0.29, 0.717) is 12.8 Å². The van der Waals surface area contributed by atoms with Crippen molar-refractivity contribution in [2.75, 3.05) is 0 Å². The second kappa shape index (κ2) is 29.4. The molecule has 3 nitrogen and oxygen atoms in total. The maximum Gasteiger partial charge on any atom is 0.313 e. The number of carbonyl (C=O) groups excluding carboxylic acids is 2. The van der Waals surface area contributed by atoms with Gasteiger partial charge in [0.1, 0.15) is 0 Å². The second-order valence-electron chi connectivity index (χ2n) is 11.3. The zero-order chi connectivity index (χ0) is 27.2. The minimum atomic E-state index is -0.337. The summed E-state index contributed by atoms with van der Waals surface area (Å²) in [7, 11) is 0. The molecule has 0 bridgehead atoms. The summed E-state index contributed by atoms with van der Waals surface area (Å²) in [4.78, 5) is 23.8. The van der Waals surface area contributed by atoms with Gasteiger partial charge >= 0.3 is 11.9 Å². The number of allylic oxidation sites excluding steroid dienone is 2. The van der Waals surface area contributed by atoms with Crippen LogP contribution in [0.1, 0.15) is 188 Å². The van der Waals surface area contributed by atoms with Gasteiger partial charge in [-0.2, -0.15) is 0 Å². The molecule has 0 spiro atoms. The molecule has 0 aromatic carbocycles. The van der Waals surface area contributed by atoms with Crippen molar-refractivity contribution in [3.8, 4) is 0 Å². The highest BCUT2D eigenvalue weighted by molar-refractivity contribution is 5.85. The van der Waals surface area contributed by atoms with Crippen molar-refractivity contribution in [3.05, 3.63) is 12.2 Å². The van der Waals surface area contributed by atoms with Crippen LogP contribution in [0.3, 0.4) is 0 Å². The van der Waals surface area contributed by atoms with Gasteiger partial charge in [-0.3, -0.25) is 9.59 Å². The van der Waals surface area contributed by atoms with Crippen LogP contribution in [0.5, 0.6) is 0 Å². The van der Waals surface area contributed by atoms with E-state index >= 15 is 0 Å². The van der Waals surface area contributed by atoms with Crippen LogP contribution in [0.15, 0.2) is 12.2 Å². The highest BCUT2D eigenvalue weighted by Gasteiger charge is 2.10. The Morgan fingerprint density at radius 1 is 0.514 bits per heavy atom. The summed E-state index contributed by atoms with van der Waals surface area (Å²) in [5.41, 5.74) is 0. The van der Waals surface area contributed by atoms with Crippen molar-refractivity contribution in [3.63, 3.8) is 0 Å². The third kappa shape index (κ3) is 27.7. The van der Waals surface area contributed by atoms with Crippen molar-refractivity contribution in [2.45, 2.75) is 188 Å². The van der Waals surface area contributed by atoms with Gasteiger partial charge in [-0.25, -0.2) is 0 Å². The second-order valence-corrected chi connectivity index (χ2v) is 11.3. The molecule has 1 atom stereocenters. The topological polar surface area (TPSA) is 43.4 Å². The third-order valence-electron chi connectivity index (χ3n) is 7.66. The lowest BCUT2D eigenvalue weighted by atomic mass is 9.92. The molecule has 0 saturated carbocycles. The summed E-state index contributed by atoms with van der Waals surface area (Å²) in [6.07, 6.45) is 35.3. The van der Waals surface area contributed by atoms with E-state index in [-0.39, 0.29) is 11.9 Å². The Balaban J connectivity index is 3.49. The SMILES string of the molecule is CCCCCCC=CCCCCCCCC(=O)OC(=O)CCCCCCCC(CC)CCCCCCC. The Bertz CT molecular complexity index is 525. The lowest BCUT2D eigenvalue weighted by Crippen LogP contribution is -2.11. The largest absolute Gasteiger partial charge is 0.393 e. The first-order valence-electron chi connectivity index (χ1n) is 16.5. The summed E-state index contributed by atoms with van der Waals surface area (Å²) in [6.45, 7) is 6.86. The molecule has 0 saturated heterocycles. The Hall–Kier alpha value is -1.12. The first-order valence-corrected chi connectivity index (χ1v) is 16.5. The molecule has 1 unspecified atom stereocenters. The van der Waals surface area contributed by atoms with Gasteiger partial charge in [0, 0.05) is 12.8 Å². The molecule has 0 aromatic rings. The van der Waals surface area contributed by atoms with Crippen LogP contribution in [-0.2, 0) is 14.3 Å². The van der Waals surface area contributed by atoms with E-state index in [1.807, 2.05) is 0 Å². The van der Waals surface area contributed by atoms with Crippen LogP contribution in [0.25, 0.3) is 0 Å². The van der Waals surface area contributed by atoms with Crippen LogP contribution in [0.4, 0.5) is 0 Å². The van der Waals surface area contributed by atoms with Crippen LogP contribution < -0.4 is 0 Å². The Morgan fingerprint density at radius 2 is 0.892 bits per heavy atom. The highest BCUT2D eigenvalue weighted by atomic mass is 16.6. The Morgan fingerprint density at radius 3 is 1.35 bits per heavy atom. The molecule has 0 heterocycles. The van der Waals surface area contributed by atoms with Gasteiger partial charge in [-0.1, -0.05) is 148 Å². The number of rotatable bonds is 28. The van der Waals surface area contributed by atoms with E-state index in [4.69, 9.17) is 4.74 Å². The van der Waals surface area contributed by atoms with E-state index < -0.39 is 0 Å². The van der Waals surface area contributed by atoms with Crippen LogP contribution >= 0.6 is 0 Å². The number of carbonyl (C=O) groups is 2. The number of unbranched alkanes of at least 4 members (excludes halogenated alkanes) is 17. The van der Waals surface area contributed by atoms with E-state index in [2.05, 4.69) is 32.9 Å². The maximum absolute atomic E-state index is 11.9. The smallest absolute Gasteiger partial charge is 0.313 e. The van der Waals surface area contributed by atoms with Crippen LogP contribution in [-0.4, -0.2) is 11.9 Å². The van der Waals surface area contributed by atoms with Gasteiger partial charge in [0.05, 0.1) is 0 Å². The summed E-state index contributed by atoms with van der Waals surface area (Å²) < 4.78 is 5.01. The predicted molar refractivity (Wildman–Crippen MR) is 161 cm³/mol. The molecular weight excluding hydrogens is 456 g/mol. The fourth-order valence-corrected chi connectivity index (χ4v) is 5.04. The molecule has 0 N–H and O–H groups in total. The standard InChI is InChI=1S/C34H64O3/c1-4-7-9-11-12-13-14-15-16-17-18-22-26-30-33(35)37-34(36)31-27-23-19-21-25-29-32(6-3)28-24-20-10-8-5-2/h13-14,32H,4-12,15-31H2,1-3H3. The van der Waals surface area contributed by atoms with Gasteiger partial charge in [-0.15, -0.1) is 0 Å². The predicted octanol–water partition coefficient (Wildman–Crippen LogP) is 11.4. The number of esters is 2. The average Bonchev–Trinajstić information content (AvgIpc) is 2.89. The van der Waals surface area contributed by atoms with E-state index in [1.54, 1.807) is 0 Å². The first kappa shape index (κ1) is 35.9. The third-order valence-corrected chi connectivity index (χ3v) is 7.66. The fraction of sp³-hybridized carbons (Fsp3) is 0.882. The number of hydrogen-bond donors (Lipinski definition) is 0. The number of ether oxygens (including phenoxy) is 1. The average molecular weight is 521 g/mol. The van der Waals surface area contributed by atoms with E-state index in [9.17, 15) is 9.59 Å². The minimum Gasteiger partial charge on any atom is -0.393 e. The zero-order valence-electron chi connectivity index (χ0n) is 25.3. The molecule has 37 heavy (non-hydrogen) atoms. The van der Waals surface area contributed by atoms with Gasteiger partial charge in [0.15, 0.2) is 0 Å². The summed E-state index contributed by atoms with van der Waals surface area (Å²) >= 11 is 0. The fourth-order valence-electron chi connectivity index (χ4n) is 5.04. The van der Waals surface area contributed by atoms with Crippen LogP contribution in [0.2, 0.25) is 0 Å². The molecule has 0 rings (SSSR count). The molecule has 0 radical (unpaired) electrons. The van der Waals surface area contributed by atoms with Crippen molar-refractivity contribution in [1.29, 1.82) is 0 Å². The Labute approximate surface area is 232 Å². The lowest BCUT2D eigenvalue weighted by Gasteiger charge is -2.14. The highest BCUT2D eigenvalue weighted by Crippen LogP contribution is 2.21. The van der Waals surface area contributed by atoms with Crippen LogP contribution in [0, 0.1) is 5.92 Å². The normalized spacial score (nSPS) is 12.3. The molecule has 0 fully saturated rings. The van der Waals surface area contributed by atoms with Gasteiger partial charge in [-0.05, 0) is 44.4 Å². The molecule has 0 aliphatic heterocycles. The van der Waals surface area contributed by atoms with Crippen molar-refractivity contribution < 1.29 is 14.3 Å². The minimum absolute atomic E-state index is 0.333. The van der Waals surface area contributed by atoms with Crippen molar-refractivity contribution >= 4 is 11.9 Å². The van der Waals surface area contributed by atoms with E-state index in [1.165, 1.54) is 122 Å². The quantitative estimate of drug-likeness (QED) is 0.0446. The molecule has 0 aromatic heterocycles. The lowest BCUT2D eigenvalue weighted by molar-refractivity contribution is -0.159. The van der Waals surface area contributed by atoms with Crippen molar-refractivity contribution in [1.82, 2.24) is 0 Å². The summed E-state index contributed by atoms with van der Waals surface area (Å²) in [5.74, 6) is 0.228. The van der Waals surface area contributed by atoms with Gasteiger partial charge in [0.25, 0.3) is 0 Å². The zero-order valence-corrected chi connectivity index (χ0v) is 25.3. The summed E-state index contributed by atoms with van der Waals surface area (Å²) in [5, 5.41) is 0. The first-order chi connectivity index (χ1) is 18.1. The molecule has 0 aliphatic carbocycles. The van der Waals surface area contributed by atoms with E-state index in [0.717, 1.165) is 38.0 Å². The van der Waals surface area contributed by atoms with Crippen molar-refractivity contribution in [2.24, 2.45) is 5.92 Å². The maximum atomic E-state index is 11.9. The van der Waals surface area contributed by atoms with Gasteiger partial charge in [0.2, 0.25) is 0 Å². The Kier molecular flexibility index (Phi) is 28.5. The monoisotopic (exact) mass is 520 g/mol. The number of hydrogen-bond acceptors (Lipinski definition) is 3. The molecule has 0 aliphatic rings. The molecule has 0 amide bonds.